The highest BCUT2D eigenvalue weighted by Crippen LogP contribution is 2.43. The first-order valence-electron chi connectivity index (χ1n) is 6.18. The summed E-state index contributed by atoms with van der Waals surface area (Å²) in [5, 5.41) is 0. The number of hydrogen-bond donors (Lipinski definition) is 0. The molecule has 2 heterocycles. The molecule has 2 unspecified atom stereocenters. The lowest BCUT2D eigenvalue weighted by atomic mass is 10.0. The molecule has 0 saturated carbocycles. The first kappa shape index (κ1) is 11.6. The Labute approximate surface area is 97.5 Å². The van der Waals surface area contributed by atoms with Gasteiger partial charge in [0.05, 0.1) is 0 Å². The number of ether oxygens (including phenoxy) is 1. The van der Waals surface area contributed by atoms with Gasteiger partial charge in [0.25, 0.3) is 0 Å². The van der Waals surface area contributed by atoms with Gasteiger partial charge in [-0.05, 0) is 40.2 Å². The maximum absolute atomic E-state index is 11.9. The second kappa shape index (κ2) is 4.21. The number of esters is 1. The summed E-state index contributed by atoms with van der Waals surface area (Å²) < 4.78 is 5.75. The van der Waals surface area contributed by atoms with Gasteiger partial charge in [0.15, 0.2) is 5.72 Å². The highest BCUT2D eigenvalue weighted by Gasteiger charge is 2.49. The lowest BCUT2D eigenvalue weighted by Gasteiger charge is -2.41. The second-order valence-electron chi connectivity index (χ2n) is 5.00. The summed E-state index contributed by atoms with van der Waals surface area (Å²) in [4.78, 5) is 14.1. The molecule has 2 atom stereocenters. The van der Waals surface area contributed by atoms with Crippen LogP contribution in [-0.4, -0.2) is 29.7 Å². The molecule has 3 heteroatoms. The van der Waals surface area contributed by atoms with Crippen molar-refractivity contribution in [2.24, 2.45) is 0 Å². The minimum atomic E-state index is -0.301. The molecule has 0 aromatic heterocycles. The predicted octanol–water partition coefficient (Wildman–Crippen LogP) is 2.47. The molecular weight excluding hydrogens is 202 g/mol. The standard InChI is InChI=1S/C13H21NO2/c1-4-10(2)12(15)16-13-8-5-6-11(7-9-13)14(13)3/h4,11H,5-9H2,1-3H3/b10-4+. The molecule has 2 fully saturated rings. The molecule has 0 amide bonds. The fraction of sp³-hybridized carbons (Fsp3) is 0.769. The van der Waals surface area contributed by atoms with Crippen LogP contribution in [0, 0.1) is 0 Å². The molecule has 3 nitrogen and oxygen atoms in total. The number of carbonyl (C=O) groups is 1. The van der Waals surface area contributed by atoms with Gasteiger partial charge in [0.2, 0.25) is 0 Å². The first-order valence-corrected chi connectivity index (χ1v) is 6.18. The molecule has 90 valence electrons. The Hall–Kier alpha value is -0.830. The van der Waals surface area contributed by atoms with Crippen molar-refractivity contribution >= 4 is 5.97 Å². The molecular formula is C13H21NO2. The summed E-state index contributed by atoms with van der Waals surface area (Å²) >= 11 is 0. The van der Waals surface area contributed by atoms with Gasteiger partial charge in [-0.3, -0.25) is 4.90 Å². The lowest BCUT2D eigenvalue weighted by molar-refractivity contribution is -0.180. The van der Waals surface area contributed by atoms with Crippen molar-refractivity contribution in [1.29, 1.82) is 0 Å². The molecule has 2 aliphatic heterocycles. The number of fused-ring (bicyclic) bond motifs is 2. The zero-order valence-corrected chi connectivity index (χ0v) is 10.5. The molecule has 0 radical (unpaired) electrons. The molecule has 0 spiro atoms. The van der Waals surface area contributed by atoms with E-state index in [9.17, 15) is 4.79 Å². The van der Waals surface area contributed by atoms with Crippen LogP contribution < -0.4 is 0 Å². The molecule has 2 aliphatic rings. The molecule has 2 rings (SSSR count). The van der Waals surface area contributed by atoms with E-state index in [1.807, 2.05) is 19.9 Å². The van der Waals surface area contributed by atoms with E-state index in [-0.39, 0.29) is 11.7 Å². The molecule has 0 aliphatic carbocycles. The summed E-state index contributed by atoms with van der Waals surface area (Å²) in [6, 6.07) is 0.618. The normalized spacial score (nSPS) is 35.2. The molecule has 0 aromatic rings. The Bertz CT molecular complexity index is 320. The van der Waals surface area contributed by atoms with Gasteiger partial charge < -0.3 is 4.74 Å². The van der Waals surface area contributed by atoms with Gasteiger partial charge in [-0.25, -0.2) is 4.79 Å². The van der Waals surface area contributed by atoms with Crippen LogP contribution in [0.1, 0.15) is 46.0 Å². The fourth-order valence-corrected chi connectivity index (χ4v) is 2.89. The van der Waals surface area contributed by atoms with Gasteiger partial charge in [0.1, 0.15) is 0 Å². The van der Waals surface area contributed by atoms with E-state index in [4.69, 9.17) is 4.74 Å². The number of rotatable bonds is 2. The van der Waals surface area contributed by atoms with Crippen LogP contribution >= 0.6 is 0 Å². The Kier molecular flexibility index (Phi) is 3.06. The summed E-state index contributed by atoms with van der Waals surface area (Å²) in [5.74, 6) is -0.156. The largest absolute Gasteiger partial charge is 0.440 e. The average Bonchev–Trinajstić information content (AvgIpc) is 2.50. The van der Waals surface area contributed by atoms with Gasteiger partial charge in [-0.15, -0.1) is 0 Å². The third kappa shape index (κ3) is 1.77. The zero-order chi connectivity index (χ0) is 11.8. The summed E-state index contributed by atoms with van der Waals surface area (Å²) in [6.45, 7) is 3.69. The van der Waals surface area contributed by atoms with Crippen LogP contribution in [0.4, 0.5) is 0 Å². The second-order valence-corrected chi connectivity index (χ2v) is 5.00. The average molecular weight is 223 g/mol. The number of carbonyl (C=O) groups excluding carboxylic acids is 1. The molecule has 2 bridgehead atoms. The van der Waals surface area contributed by atoms with Crippen LogP contribution in [0.3, 0.4) is 0 Å². The van der Waals surface area contributed by atoms with Gasteiger partial charge in [-0.1, -0.05) is 6.08 Å². The molecule has 16 heavy (non-hydrogen) atoms. The lowest BCUT2D eigenvalue weighted by Crippen LogP contribution is -2.50. The van der Waals surface area contributed by atoms with Gasteiger partial charge in [-0.2, -0.15) is 0 Å². The van der Waals surface area contributed by atoms with Crippen LogP contribution in [0.2, 0.25) is 0 Å². The monoisotopic (exact) mass is 223 g/mol. The van der Waals surface area contributed by atoms with Crippen LogP contribution in [0.5, 0.6) is 0 Å². The highest BCUT2D eigenvalue weighted by atomic mass is 16.6. The Balaban J connectivity index is 2.11. The van der Waals surface area contributed by atoms with Crippen molar-refractivity contribution in [2.75, 3.05) is 7.05 Å². The number of piperidine rings is 1. The van der Waals surface area contributed by atoms with Gasteiger partial charge >= 0.3 is 5.97 Å². The van der Waals surface area contributed by atoms with E-state index in [1.165, 1.54) is 19.3 Å². The first-order chi connectivity index (χ1) is 7.59. The van der Waals surface area contributed by atoms with E-state index in [2.05, 4.69) is 11.9 Å². The van der Waals surface area contributed by atoms with Crippen LogP contribution in [0.15, 0.2) is 11.6 Å². The Morgan fingerprint density at radius 3 is 2.88 bits per heavy atom. The number of nitrogens with zero attached hydrogens (tertiary/aromatic N) is 1. The maximum atomic E-state index is 11.9. The third-order valence-electron chi connectivity index (χ3n) is 4.20. The molecule has 0 N–H and O–H groups in total. The maximum Gasteiger partial charge on any atom is 0.335 e. The van der Waals surface area contributed by atoms with E-state index >= 15 is 0 Å². The van der Waals surface area contributed by atoms with E-state index in [0.717, 1.165) is 12.8 Å². The van der Waals surface area contributed by atoms with E-state index < -0.39 is 0 Å². The number of hydrogen-bond acceptors (Lipinski definition) is 3. The highest BCUT2D eigenvalue weighted by molar-refractivity contribution is 5.87. The van der Waals surface area contributed by atoms with Crippen LogP contribution in [-0.2, 0) is 9.53 Å². The number of allylic oxidation sites excluding steroid dienone is 1. The van der Waals surface area contributed by atoms with Crippen molar-refractivity contribution in [3.63, 3.8) is 0 Å². The Morgan fingerprint density at radius 1 is 1.44 bits per heavy atom. The topological polar surface area (TPSA) is 29.5 Å². The van der Waals surface area contributed by atoms with E-state index in [0.29, 0.717) is 11.6 Å². The summed E-state index contributed by atoms with van der Waals surface area (Å²) in [5.41, 5.74) is 0.404. The van der Waals surface area contributed by atoms with Crippen molar-refractivity contribution in [2.45, 2.75) is 57.7 Å². The Morgan fingerprint density at radius 2 is 2.19 bits per heavy atom. The van der Waals surface area contributed by atoms with Crippen molar-refractivity contribution in [3.05, 3.63) is 11.6 Å². The molecule has 0 aromatic carbocycles. The fourth-order valence-electron chi connectivity index (χ4n) is 2.89. The predicted molar refractivity (Wildman–Crippen MR) is 62.9 cm³/mol. The summed E-state index contributed by atoms with van der Waals surface area (Å²) in [7, 11) is 2.09. The smallest absolute Gasteiger partial charge is 0.335 e. The van der Waals surface area contributed by atoms with Crippen molar-refractivity contribution in [1.82, 2.24) is 4.90 Å². The minimum absolute atomic E-state index is 0.156. The quantitative estimate of drug-likeness (QED) is 0.532. The SMILES string of the molecule is C/C=C(\C)C(=O)OC12CCCC(CC1)N2C. The summed E-state index contributed by atoms with van der Waals surface area (Å²) in [6.07, 6.45) is 7.39. The van der Waals surface area contributed by atoms with E-state index in [1.54, 1.807) is 0 Å². The van der Waals surface area contributed by atoms with Crippen molar-refractivity contribution in [3.8, 4) is 0 Å². The minimum Gasteiger partial charge on any atom is -0.440 e. The van der Waals surface area contributed by atoms with Crippen LogP contribution in [0.25, 0.3) is 0 Å². The zero-order valence-electron chi connectivity index (χ0n) is 10.5. The third-order valence-corrected chi connectivity index (χ3v) is 4.20. The van der Waals surface area contributed by atoms with Crippen molar-refractivity contribution < 1.29 is 9.53 Å². The molecule has 2 saturated heterocycles. The van der Waals surface area contributed by atoms with Gasteiger partial charge in [0, 0.05) is 24.5 Å².